The van der Waals surface area contributed by atoms with Gasteiger partial charge >= 0.3 is 0 Å². The van der Waals surface area contributed by atoms with Gasteiger partial charge in [0.2, 0.25) is 0 Å². The van der Waals surface area contributed by atoms with Crippen LogP contribution < -0.4 is 5.32 Å². The van der Waals surface area contributed by atoms with Crippen molar-refractivity contribution in [2.45, 2.75) is 18.9 Å². The molecule has 0 saturated carbocycles. The SMILES string of the molecule is C#Cc1cc(C#C)cc(-c2cc([C@](C)(CC=C)NC(=C)N(C)C)n(C)n2)c1. The quantitative estimate of drug-likeness (QED) is 0.608. The average molecular weight is 358 g/mol. The van der Waals surface area contributed by atoms with Crippen LogP contribution in [0.2, 0.25) is 0 Å². The first kappa shape index (κ1) is 19.9. The molecular weight excluding hydrogens is 332 g/mol. The van der Waals surface area contributed by atoms with Gasteiger partial charge in [0, 0.05) is 37.8 Å². The van der Waals surface area contributed by atoms with Crippen LogP contribution in [-0.4, -0.2) is 28.8 Å². The Bertz CT molecular complexity index is 917. The van der Waals surface area contributed by atoms with Gasteiger partial charge in [-0.3, -0.25) is 4.68 Å². The Kier molecular flexibility index (Phi) is 5.83. The molecule has 0 bridgehead atoms. The zero-order valence-electron chi connectivity index (χ0n) is 16.5. The predicted molar refractivity (Wildman–Crippen MR) is 113 cm³/mol. The summed E-state index contributed by atoms with van der Waals surface area (Å²) in [6, 6.07) is 7.71. The third-order valence-corrected chi connectivity index (χ3v) is 4.52. The van der Waals surface area contributed by atoms with Gasteiger partial charge in [0.05, 0.1) is 22.7 Å². The number of nitrogens with one attached hydrogen (secondary N) is 1. The Morgan fingerprint density at radius 1 is 1.26 bits per heavy atom. The summed E-state index contributed by atoms with van der Waals surface area (Å²) in [5.74, 6) is 6.11. The summed E-state index contributed by atoms with van der Waals surface area (Å²) in [6.07, 6.45) is 13.7. The summed E-state index contributed by atoms with van der Waals surface area (Å²) in [5.41, 5.74) is 3.78. The van der Waals surface area contributed by atoms with E-state index in [2.05, 4.69) is 43.3 Å². The second-order valence-corrected chi connectivity index (χ2v) is 6.92. The maximum absolute atomic E-state index is 5.57. The molecule has 0 saturated heterocycles. The van der Waals surface area contributed by atoms with Gasteiger partial charge < -0.3 is 10.2 Å². The summed E-state index contributed by atoms with van der Waals surface area (Å²) in [5, 5.41) is 8.19. The van der Waals surface area contributed by atoms with Crippen molar-refractivity contribution in [1.29, 1.82) is 0 Å². The summed E-state index contributed by atoms with van der Waals surface area (Å²) in [6.45, 7) is 10.1. The van der Waals surface area contributed by atoms with E-state index in [-0.39, 0.29) is 0 Å². The monoisotopic (exact) mass is 358 g/mol. The Labute approximate surface area is 162 Å². The van der Waals surface area contributed by atoms with Gasteiger partial charge in [-0.2, -0.15) is 5.10 Å². The predicted octanol–water partition coefficient (Wildman–Crippen LogP) is 3.46. The van der Waals surface area contributed by atoms with E-state index in [1.807, 2.05) is 55.0 Å². The van der Waals surface area contributed by atoms with Gasteiger partial charge in [0.25, 0.3) is 0 Å². The number of benzene rings is 1. The molecular formula is C23H26N4. The molecule has 0 amide bonds. The topological polar surface area (TPSA) is 33.1 Å². The molecule has 2 aromatic rings. The lowest BCUT2D eigenvalue weighted by atomic mass is 9.92. The number of nitrogens with zero attached hydrogens (tertiary/aromatic N) is 3. The summed E-state index contributed by atoms with van der Waals surface area (Å²) in [7, 11) is 5.82. The zero-order valence-corrected chi connectivity index (χ0v) is 16.5. The number of terminal acetylenes is 2. The summed E-state index contributed by atoms with van der Waals surface area (Å²) >= 11 is 0. The van der Waals surface area contributed by atoms with E-state index in [0.717, 1.165) is 33.9 Å². The molecule has 0 aliphatic rings. The molecule has 0 aliphatic heterocycles. The van der Waals surface area contributed by atoms with Gasteiger partial charge in [0.1, 0.15) is 0 Å². The first-order valence-corrected chi connectivity index (χ1v) is 8.62. The van der Waals surface area contributed by atoms with Crippen LogP contribution in [0.4, 0.5) is 0 Å². The second-order valence-electron chi connectivity index (χ2n) is 6.92. The van der Waals surface area contributed by atoms with Crippen LogP contribution in [0.1, 0.15) is 30.2 Å². The lowest BCUT2D eigenvalue weighted by molar-refractivity contribution is 0.326. The van der Waals surface area contributed by atoms with Crippen LogP contribution in [0.15, 0.2) is 49.3 Å². The Balaban J connectivity index is 2.54. The standard InChI is InChI=1S/C23H26N4/c1-9-12-23(5,24-17(4)26(6)7)22-16-21(25-27(22)8)20-14-18(10-2)13-19(11-3)15-20/h2-3,9,13-16,24H,1,4,12H2,5-8H3/t23-/m0/s1. The first-order valence-electron chi connectivity index (χ1n) is 8.62. The Morgan fingerprint density at radius 2 is 1.85 bits per heavy atom. The van der Waals surface area contributed by atoms with Crippen LogP contribution in [0.25, 0.3) is 11.3 Å². The van der Waals surface area contributed by atoms with Crippen LogP contribution in [0.3, 0.4) is 0 Å². The van der Waals surface area contributed by atoms with E-state index in [4.69, 9.17) is 17.9 Å². The minimum atomic E-state index is -0.415. The van der Waals surface area contributed by atoms with Crippen LogP contribution >= 0.6 is 0 Å². The van der Waals surface area contributed by atoms with Gasteiger partial charge in [0.15, 0.2) is 0 Å². The van der Waals surface area contributed by atoms with E-state index < -0.39 is 5.54 Å². The Morgan fingerprint density at radius 3 is 2.33 bits per heavy atom. The highest BCUT2D eigenvalue weighted by molar-refractivity contribution is 5.65. The van der Waals surface area contributed by atoms with Crippen molar-refractivity contribution >= 4 is 0 Å². The third kappa shape index (κ3) is 4.25. The number of hydrogen-bond acceptors (Lipinski definition) is 3. The van der Waals surface area contributed by atoms with Gasteiger partial charge in [-0.1, -0.05) is 24.5 Å². The maximum Gasteiger partial charge on any atom is 0.0941 e. The first-order chi connectivity index (χ1) is 12.7. The van der Waals surface area contributed by atoms with Crippen molar-refractivity contribution < 1.29 is 0 Å². The molecule has 1 heterocycles. The van der Waals surface area contributed by atoms with Crippen molar-refractivity contribution in [3.05, 3.63) is 66.1 Å². The fourth-order valence-electron chi connectivity index (χ4n) is 3.01. The van der Waals surface area contributed by atoms with E-state index in [0.29, 0.717) is 6.42 Å². The highest BCUT2D eigenvalue weighted by Gasteiger charge is 2.30. The molecule has 0 aliphatic carbocycles. The molecule has 27 heavy (non-hydrogen) atoms. The van der Waals surface area contributed by atoms with Crippen LogP contribution in [0, 0.1) is 24.7 Å². The molecule has 138 valence electrons. The van der Waals surface area contributed by atoms with E-state index in [9.17, 15) is 0 Å². The minimum absolute atomic E-state index is 0.415. The third-order valence-electron chi connectivity index (χ3n) is 4.52. The van der Waals surface area contributed by atoms with Crippen molar-refractivity contribution in [2.24, 2.45) is 7.05 Å². The van der Waals surface area contributed by atoms with Gasteiger partial charge in [-0.05, 0) is 37.6 Å². The number of aryl methyl sites for hydroxylation is 1. The van der Waals surface area contributed by atoms with Crippen LogP contribution in [0.5, 0.6) is 0 Å². The molecule has 0 fully saturated rings. The largest absolute Gasteiger partial charge is 0.365 e. The molecule has 1 N–H and O–H groups in total. The fraction of sp³-hybridized carbons (Fsp3) is 0.261. The molecule has 0 spiro atoms. The molecule has 4 heteroatoms. The van der Waals surface area contributed by atoms with E-state index in [1.54, 1.807) is 0 Å². The summed E-state index contributed by atoms with van der Waals surface area (Å²) < 4.78 is 1.87. The minimum Gasteiger partial charge on any atom is -0.365 e. The Hall–Kier alpha value is -3.37. The molecule has 4 nitrogen and oxygen atoms in total. The molecule has 1 aromatic heterocycles. The lowest BCUT2D eigenvalue weighted by Crippen LogP contribution is -2.43. The summed E-state index contributed by atoms with van der Waals surface area (Å²) in [4.78, 5) is 1.94. The normalized spacial score (nSPS) is 12.4. The van der Waals surface area contributed by atoms with Crippen molar-refractivity contribution in [3.8, 4) is 35.9 Å². The molecule has 1 aromatic carbocycles. The molecule has 0 radical (unpaired) electrons. The fourth-order valence-corrected chi connectivity index (χ4v) is 3.01. The smallest absolute Gasteiger partial charge is 0.0941 e. The molecule has 2 rings (SSSR count). The van der Waals surface area contributed by atoms with Gasteiger partial charge in [-0.15, -0.1) is 19.4 Å². The van der Waals surface area contributed by atoms with Crippen molar-refractivity contribution in [1.82, 2.24) is 20.0 Å². The zero-order chi connectivity index (χ0) is 20.2. The van der Waals surface area contributed by atoms with E-state index in [1.165, 1.54) is 0 Å². The average Bonchev–Trinajstić information content (AvgIpc) is 3.03. The number of hydrogen-bond donors (Lipinski definition) is 1. The number of rotatable bonds is 7. The molecule has 0 unspecified atom stereocenters. The number of aromatic nitrogens is 2. The lowest BCUT2D eigenvalue weighted by Gasteiger charge is -2.34. The van der Waals surface area contributed by atoms with Crippen molar-refractivity contribution in [2.75, 3.05) is 14.1 Å². The highest BCUT2D eigenvalue weighted by atomic mass is 15.3. The van der Waals surface area contributed by atoms with Crippen molar-refractivity contribution in [3.63, 3.8) is 0 Å². The highest BCUT2D eigenvalue weighted by Crippen LogP contribution is 2.30. The van der Waals surface area contributed by atoms with Crippen LogP contribution in [-0.2, 0) is 12.6 Å². The van der Waals surface area contributed by atoms with Gasteiger partial charge in [-0.25, -0.2) is 0 Å². The maximum atomic E-state index is 5.57. The van der Waals surface area contributed by atoms with E-state index >= 15 is 0 Å². The molecule has 1 atom stereocenters. The second kappa shape index (κ2) is 7.89.